The predicted molar refractivity (Wildman–Crippen MR) is 163 cm³/mol. The quantitative estimate of drug-likeness (QED) is 0.0620. The number of carbonyl (C=O) groups excluding carboxylic acids is 1. The normalized spacial score (nSPS) is 11.3. The van der Waals surface area contributed by atoms with E-state index in [0.717, 1.165) is 11.1 Å². The van der Waals surface area contributed by atoms with E-state index in [0.29, 0.717) is 28.4 Å². The lowest BCUT2D eigenvalue weighted by molar-refractivity contribution is -0.132. The Kier molecular flexibility index (Phi) is 11.0. The van der Waals surface area contributed by atoms with Crippen molar-refractivity contribution in [2.24, 2.45) is 0 Å². The molecule has 4 aromatic rings. The standard InChI is InChI=1S/C33H33O9P/c1-24(34)41-33-31(37-3)20-28(21-32(33)38-4)16-15-25-17-18-29(36-2)30(19-25)42-43(35,39-22-26-11-7-5-8-12-26)40-23-27-13-9-6-10-14-27/h5-21H,22-23H2,1-4H3/b16-15-. The van der Waals surface area contributed by atoms with Crippen LogP contribution in [0.1, 0.15) is 29.2 Å². The van der Waals surface area contributed by atoms with Crippen molar-refractivity contribution in [2.45, 2.75) is 20.1 Å². The summed E-state index contributed by atoms with van der Waals surface area (Å²) in [6, 6.07) is 27.2. The summed E-state index contributed by atoms with van der Waals surface area (Å²) in [6.45, 7) is 1.33. The summed E-state index contributed by atoms with van der Waals surface area (Å²) in [7, 11) is 0.306. The van der Waals surface area contributed by atoms with Crippen LogP contribution in [0.3, 0.4) is 0 Å². The van der Waals surface area contributed by atoms with Gasteiger partial charge in [0.15, 0.2) is 23.0 Å². The average Bonchev–Trinajstić information content (AvgIpc) is 3.03. The summed E-state index contributed by atoms with van der Waals surface area (Å²) >= 11 is 0. The minimum absolute atomic E-state index is 0.0157. The Labute approximate surface area is 251 Å². The fourth-order valence-electron chi connectivity index (χ4n) is 3.97. The third-order valence-electron chi connectivity index (χ3n) is 6.06. The van der Waals surface area contributed by atoms with Gasteiger partial charge in [0.25, 0.3) is 0 Å². The van der Waals surface area contributed by atoms with Crippen molar-refractivity contribution < 1.29 is 41.9 Å². The lowest BCUT2D eigenvalue weighted by Crippen LogP contribution is -2.05. The molecule has 0 spiro atoms. The lowest BCUT2D eigenvalue weighted by atomic mass is 10.1. The first-order chi connectivity index (χ1) is 20.8. The Morgan fingerprint density at radius 2 is 1.14 bits per heavy atom. The number of ether oxygens (including phenoxy) is 4. The number of rotatable bonds is 14. The molecule has 43 heavy (non-hydrogen) atoms. The largest absolute Gasteiger partial charge is 0.530 e. The van der Waals surface area contributed by atoms with Crippen LogP contribution in [0.25, 0.3) is 12.2 Å². The van der Waals surface area contributed by atoms with E-state index >= 15 is 0 Å². The minimum Gasteiger partial charge on any atom is -0.493 e. The number of methoxy groups -OCH3 is 3. The number of phosphoric acid groups is 1. The third-order valence-corrected chi connectivity index (χ3v) is 7.37. The van der Waals surface area contributed by atoms with E-state index in [-0.39, 0.29) is 24.7 Å². The van der Waals surface area contributed by atoms with Crippen LogP contribution in [0.15, 0.2) is 91.0 Å². The van der Waals surface area contributed by atoms with Gasteiger partial charge in [0.2, 0.25) is 5.75 Å². The number of benzene rings is 4. The SMILES string of the molecule is COc1ccc(/C=C\c2cc(OC)c(OC(C)=O)c(OC)c2)cc1OP(=O)(OCc1ccccc1)OCc1ccccc1. The molecule has 0 amide bonds. The highest BCUT2D eigenvalue weighted by Crippen LogP contribution is 2.53. The number of phosphoric ester groups is 1. The van der Waals surface area contributed by atoms with Crippen molar-refractivity contribution in [3.05, 3.63) is 113 Å². The summed E-state index contributed by atoms with van der Waals surface area (Å²) in [4.78, 5) is 11.5. The Bertz CT molecular complexity index is 1510. The fraction of sp³-hybridized carbons (Fsp3) is 0.182. The fourth-order valence-corrected chi connectivity index (χ4v) is 5.15. The maximum atomic E-state index is 13.9. The van der Waals surface area contributed by atoms with Crippen LogP contribution in [0.4, 0.5) is 0 Å². The molecule has 0 radical (unpaired) electrons. The van der Waals surface area contributed by atoms with Crippen LogP contribution in [-0.4, -0.2) is 27.3 Å². The Balaban J connectivity index is 1.61. The second kappa shape index (κ2) is 15.1. The zero-order chi connectivity index (χ0) is 30.7. The highest BCUT2D eigenvalue weighted by atomic mass is 31.2. The summed E-state index contributed by atoms with van der Waals surface area (Å²) in [6.07, 6.45) is 3.62. The van der Waals surface area contributed by atoms with Gasteiger partial charge in [-0.05, 0) is 46.5 Å². The Morgan fingerprint density at radius 3 is 1.63 bits per heavy atom. The van der Waals surface area contributed by atoms with Crippen molar-refractivity contribution in [3.8, 4) is 28.7 Å². The van der Waals surface area contributed by atoms with Crippen LogP contribution < -0.4 is 23.5 Å². The van der Waals surface area contributed by atoms with Gasteiger partial charge >= 0.3 is 13.8 Å². The lowest BCUT2D eigenvalue weighted by Gasteiger charge is -2.20. The van der Waals surface area contributed by atoms with Gasteiger partial charge < -0.3 is 23.5 Å². The molecule has 0 atom stereocenters. The molecular formula is C33H33O9P. The van der Waals surface area contributed by atoms with E-state index in [2.05, 4.69) is 0 Å². The van der Waals surface area contributed by atoms with E-state index in [1.54, 1.807) is 24.3 Å². The van der Waals surface area contributed by atoms with E-state index in [4.69, 9.17) is 32.5 Å². The van der Waals surface area contributed by atoms with Crippen molar-refractivity contribution in [3.63, 3.8) is 0 Å². The summed E-state index contributed by atoms with van der Waals surface area (Å²) < 4.78 is 53.0. The average molecular weight is 605 g/mol. The van der Waals surface area contributed by atoms with Crippen LogP contribution in [0.5, 0.6) is 28.7 Å². The van der Waals surface area contributed by atoms with Crippen molar-refractivity contribution in [2.75, 3.05) is 21.3 Å². The number of carbonyl (C=O) groups is 1. The molecule has 9 nitrogen and oxygen atoms in total. The Hall–Kier alpha value is -4.56. The zero-order valence-electron chi connectivity index (χ0n) is 24.4. The van der Waals surface area contributed by atoms with E-state index < -0.39 is 13.8 Å². The summed E-state index contributed by atoms with van der Waals surface area (Å²) in [5.41, 5.74) is 3.04. The number of hydrogen-bond acceptors (Lipinski definition) is 9. The maximum absolute atomic E-state index is 13.9. The smallest absolute Gasteiger partial charge is 0.493 e. The highest BCUT2D eigenvalue weighted by Gasteiger charge is 2.30. The van der Waals surface area contributed by atoms with Gasteiger partial charge in [-0.25, -0.2) is 4.57 Å². The molecule has 0 N–H and O–H groups in total. The van der Waals surface area contributed by atoms with Gasteiger partial charge in [-0.3, -0.25) is 13.8 Å². The van der Waals surface area contributed by atoms with Gasteiger partial charge in [-0.15, -0.1) is 0 Å². The van der Waals surface area contributed by atoms with Gasteiger partial charge in [0.05, 0.1) is 34.5 Å². The molecule has 0 heterocycles. The van der Waals surface area contributed by atoms with E-state index in [1.165, 1.54) is 28.3 Å². The van der Waals surface area contributed by atoms with Crippen LogP contribution >= 0.6 is 7.82 Å². The summed E-state index contributed by atoms with van der Waals surface area (Å²) in [5, 5.41) is 0. The van der Waals surface area contributed by atoms with Gasteiger partial charge in [0.1, 0.15) is 0 Å². The van der Waals surface area contributed by atoms with E-state index in [9.17, 15) is 9.36 Å². The molecule has 0 bridgehead atoms. The first-order valence-corrected chi connectivity index (χ1v) is 14.8. The molecule has 10 heteroatoms. The maximum Gasteiger partial charge on any atom is 0.530 e. The monoisotopic (exact) mass is 604 g/mol. The molecular weight excluding hydrogens is 571 g/mol. The molecule has 4 rings (SSSR count). The third kappa shape index (κ3) is 8.96. The minimum atomic E-state index is -4.13. The highest BCUT2D eigenvalue weighted by molar-refractivity contribution is 7.48. The van der Waals surface area contributed by atoms with Crippen molar-refractivity contribution >= 4 is 25.9 Å². The summed E-state index contributed by atoms with van der Waals surface area (Å²) in [5.74, 6) is 0.882. The molecule has 0 saturated carbocycles. The molecule has 0 unspecified atom stereocenters. The van der Waals surface area contributed by atoms with Gasteiger partial charge in [-0.2, -0.15) is 0 Å². The number of esters is 1. The van der Waals surface area contributed by atoms with Crippen LogP contribution in [0, 0.1) is 0 Å². The van der Waals surface area contributed by atoms with Crippen molar-refractivity contribution in [1.29, 1.82) is 0 Å². The predicted octanol–water partition coefficient (Wildman–Crippen LogP) is 7.73. The first-order valence-electron chi connectivity index (χ1n) is 13.3. The topological polar surface area (TPSA) is 98.8 Å². The first kappa shape index (κ1) is 31.4. The second-order valence-corrected chi connectivity index (χ2v) is 10.7. The van der Waals surface area contributed by atoms with Crippen LogP contribution in [-0.2, 0) is 31.6 Å². The Morgan fingerprint density at radius 1 is 0.651 bits per heavy atom. The molecule has 0 fully saturated rings. The van der Waals surface area contributed by atoms with Gasteiger partial charge in [-0.1, -0.05) is 78.9 Å². The van der Waals surface area contributed by atoms with Crippen LogP contribution in [0.2, 0.25) is 0 Å². The van der Waals surface area contributed by atoms with Gasteiger partial charge in [0, 0.05) is 6.92 Å². The molecule has 0 aliphatic rings. The molecule has 4 aromatic carbocycles. The van der Waals surface area contributed by atoms with E-state index in [1.807, 2.05) is 78.9 Å². The molecule has 0 saturated heterocycles. The molecule has 0 aliphatic heterocycles. The zero-order valence-corrected chi connectivity index (χ0v) is 25.2. The number of hydrogen-bond donors (Lipinski definition) is 0. The molecule has 0 aliphatic carbocycles. The van der Waals surface area contributed by atoms with Crippen molar-refractivity contribution in [1.82, 2.24) is 0 Å². The molecule has 224 valence electrons. The molecule has 0 aromatic heterocycles. The second-order valence-electron chi connectivity index (χ2n) is 9.15.